The van der Waals surface area contributed by atoms with Crippen molar-refractivity contribution in [3.05, 3.63) is 33.8 Å². The molecule has 2 N–H and O–H groups in total. The van der Waals surface area contributed by atoms with E-state index in [0.717, 1.165) is 28.6 Å². The van der Waals surface area contributed by atoms with Gasteiger partial charge in [0.25, 0.3) is 0 Å². The molecule has 1 aromatic rings. The second kappa shape index (κ2) is 6.27. The largest absolute Gasteiger partial charge is 0.330 e. The summed E-state index contributed by atoms with van der Waals surface area (Å²) in [5, 5.41) is 1.58. The molecule has 1 saturated carbocycles. The van der Waals surface area contributed by atoms with E-state index in [4.69, 9.17) is 28.9 Å². The normalized spacial score (nSPS) is 19.5. The van der Waals surface area contributed by atoms with Crippen LogP contribution in [0.25, 0.3) is 0 Å². The molecule has 1 aliphatic carbocycles. The summed E-state index contributed by atoms with van der Waals surface area (Å²) in [6, 6.07) is 5.72. The lowest BCUT2D eigenvalue weighted by Gasteiger charge is -2.32. The molecule has 1 fully saturated rings. The van der Waals surface area contributed by atoms with Crippen molar-refractivity contribution in [3.8, 4) is 0 Å². The van der Waals surface area contributed by atoms with E-state index in [1.54, 1.807) is 0 Å². The quantitative estimate of drug-likeness (QED) is 0.791. The molecule has 0 saturated heterocycles. The minimum atomic E-state index is 0.227. The Labute approximate surface area is 120 Å². The Bertz CT molecular complexity index is 395. The highest BCUT2D eigenvalue weighted by Crippen LogP contribution is 2.39. The highest BCUT2D eigenvalue weighted by Gasteiger charge is 2.30. The van der Waals surface area contributed by atoms with E-state index in [9.17, 15) is 0 Å². The van der Waals surface area contributed by atoms with Crippen LogP contribution in [0, 0.1) is 5.41 Å². The van der Waals surface area contributed by atoms with Gasteiger partial charge in [-0.1, -0.05) is 48.9 Å². The molecular weight excluding hydrogens is 265 g/mol. The van der Waals surface area contributed by atoms with Crippen molar-refractivity contribution in [2.45, 2.75) is 44.9 Å². The summed E-state index contributed by atoms with van der Waals surface area (Å²) in [5.74, 6) is 0. The maximum Gasteiger partial charge on any atom is 0.0439 e. The number of benzene rings is 1. The lowest BCUT2D eigenvalue weighted by Crippen LogP contribution is -2.32. The maximum atomic E-state index is 6.28. The SMILES string of the molecule is NCC1(Cc2cc(Cl)ccc2Cl)CCCCCC1. The Morgan fingerprint density at radius 2 is 1.72 bits per heavy atom. The smallest absolute Gasteiger partial charge is 0.0439 e. The number of rotatable bonds is 3. The van der Waals surface area contributed by atoms with Crippen molar-refractivity contribution in [3.63, 3.8) is 0 Å². The van der Waals surface area contributed by atoms with E-state index >= 15 is 0 Å². The lowest BCUT2D eigenvalue weighted by atomic mass is 9.75. The van der Waals surface area contributed by atoms with Crippen LogP contribution in [-0.4, -0.2) is 6.54 Å². The second-order valence-corrected chi connectivity index (χ2v) is 6.37. The summed E-state index contributed by atoms with van der Waals surface area (Å²) in [4.78, 5) is 0. The molecule has 18 heavy (non-hydrogen) atoms. The first-order valence-corrected chi connectivity index (χ1v) is 7.55. The molecule has 1 aromatic carbocycles. The predicted molar refractivity (Wildman–Crippen MR) is 79.4 cm³/mol. The van der Waals surface area contributed by atoms with Crippen molar-refractivity contribution in [2.24, 2.45) is 11.1 Å². The predicted octanol–water partition coefficient (Wildman–Crippen LogP) is 4.84. The van der Waals surface area contributed by atoms with Gasteiger partial charge < -0.3 is 5.73 Å². The molecule has 0 heterocycles. The van der Waals surface area contributed by atoms with Gasteiger partial charge in [0, 0.05) is 10.0 Å². The van der Waals surface area contributed by atoms with Crippen LogP contribution in [0.4, 0.5) is 0 Å². The lowest BCUT2D eigenvalue weighted by molar-refractivity contribution is 0.252. The minimum absolute atomic E-state index is 0.227. The van der Waals surface area contributed by atoms with E-state index in [-0.39, 0.29) is 5.41 Å². The van der Waals surface area contributed by atoms with Gasteiger partial charge in [-0.3, -0.25) is 0 Å². The molecule has 0 aromatic heterocycles. The highest BCUT2D eigenvalue weighted by molar-refractivity contribution is 6.33. The molecule has 0 spiro atoms. The van der Waals surface area contributed by atoms with Crippen molar-refractivity contribution >= 4 is 23.2 Å². The Kier molecular flexibility index (Phi) is 4.94. The van der Waals surface area contributed by atoms with Gasteiger partial charge in [-0.2, -0.15) is 0 Å². The molecule has 0 aliphatic heterocycles. The molecule has 0 radical (unpaired) electrons. The number of nitrogens with two attached hydrogens (primary N) is 1. The van der Waals surface area contributed by atoms with Gasteiger partial charge in [0.05, 0.1) is 0 Å². The third-order valence-electron chi connectivity index (χ3n) is 4.17. The molecule has 0 amide bonds. The first-order chi connectivity index (χ1) is 8.65. The Hall–Kier alpha value is -0.240. The monoisotopic (exact) mass is 285 g/mol. The van der Waals surface area contributed by atoms with E-state index in [0.29, 0.717) is 0 Å². The second-order valence-electron chi connectivity index (χ2n) is 5.53. The van der Waals surface area contributed by atoms with Crippen LogP contribution < -0.4 is 5.73 Å². The Morgan fingerprint density at radius 3 is 2.33 bits per heavy atom. The van der Waals surface area contributed by atoms with Crippen molar-refractivity contribution in [2.75, 3.05) is 6.54 Å². The molecule has 3 heteroatoms. The average molecular weight is 286 g/mol. The molecule has 0 unspecified atom stereocenters. The highest BCUT2D eigenvalue weighted by atomic mass is 35.5. The van der Waals surface area contributed by atoms with E-state index in [1.807, 2.05) is 18.2 Å². The fourth-order valence-corrected chi connectivity index (χ4v) is 3.39. The average Bonchev–Trinajstić information content (AvgIpc) is 2.60. The minimum Gasteiger partial charge on any atom is -0.330 e. The molecular formula is C15H21Cl2N. The third-order valence-corrected chi connectivity index (χ3v) is 4.77. The zero-order valence-electron chi connectivity index (χ0n) is 10.7. The third kappa shape index (κ3) is 3.40. The number of hydrogen-bond donors (Lipinski definition) is 1. The summed E-state index contributed by atoms with van der Waals surface area (Å²) in [5.41, 5.74) is 7.44. The molecule has 1 aliphatic rings. The van der Waals surface area contributed by atoms with Gasteiger partial charge >= 0.3 is 0 Å². The first kappa shape index (κ1) is 14.2. The van der Waals surface area contributed by atoms with E-state index < -0.39 is 0 Å². The van der Waals surface area contributed by atoms with Gasteiger partial charge in [-0.25, -0.2) is 0 Å². The number of hydrogen-bond acceptors (Lipinski definition) is 1. The van der Waals surface area contributed by atoms with Crippen LogP contribution in [0.15, 0.2) is 18.2 Å². The van der Waals surface area contributed by atoms with Gasteiger partial charge in [-0.15, -0.1) is 0 Å². The number of halogens is 2. The first-order valence-electron chi connectivity index (χ1n) is 6.79. The molecule has 0 atom stereocenters. The fourth-order valence-electron chi connectivity index (χ4n) is 3.01. The van der Waals surface area contributed by atoms with Crippen LogP contribution >= 0.6 is 23.2 Å². The van der Waals surface area contributed by atoms with Gasteiger partial charge in [0.2, 0.25) is 0 Å². The zero-order chi connectivity index (χ0) is 13.0. The van der Waals surface area contributed by atoms with Crippen LogP contribution in [0.1, 0.15) is 44.1 Å². The summed E-state index contributed by atoms with van der Waals surface area (Å²) < 4.78 is 0. The molecule has 0 bridgehead atoms. The van der Waals surface area contributed by atoms with Gasteiger partial charge in [-0.05, 0) is 55.0 Å². The van der Waals surface area contributed by atoms with Crippen molar-refractivity contribution in [1.82, 2.24) is 0 Å². The van der Waals surface area contributed by atoms with E-state index in [2.05, 4.69) is 0 Å². The summed E-state index contributed by atoms with van der Waals surface area (Å²) in [6.45, 7) is 0.746. The molecule has 1 nitrogen and oxygen atoms in total. The summed E-state index contributed by atoms with van der Waals surface area (Å²) in [7, 11) is 0. The van der Waals surface area contributed by atoms with Gasteiger partial charge in [0.1, 0.15) is 0 Å². The van der Waals surface area contributed by atoms with Crippen LogP contribution in [0.5, 0.6) is 0 Å². The van der Waals surface area contributed by atoms with Crippen LogP contribution in [0.2, 0.25) is 10.0 Å². The van der Waals surface area contributed by atoms with Crippen molar-refractivity contribution in [1.29, 1.82) is 0 Å². The molecule has 100 valence electrons. The zero-order valence-corrected chi connectivity index (χ0v) is 12.2. The Balaban J connectivity index is 2.20. The fraction of sp³-hybridized carbons (Fsp3) is 0.600. The summed E-state index contributed by atoms with van der Waals surface area (Å²) in [6.07, 6.45) is 8.64. The topological polar surface area (TPSA) is 26.0 Å². The molecule has 2 rings (SSSR count). The van der Waals surface area contributed by atoms with E-state index in [1.165, 1.54) is 38.5 Å². The van der Waals surface area contributed by atoms with Crippen LogP contribution in [-0.2, 0) is 6.42 Å². The van der Waals surface area contributed by atoms with Crippen molar-refractivity contribution < 1.29 is 0 Å². The Morgan fingerprint density at radius 1 is 1.06 bits per heavy atom. The summed E-state index contributed by atoms with van der Waals surface area (Å²) >= 11 is 12.3. The maximum absolute atomic E-state index is 6.28. The van der Waals surface area contributed by atoms with Gasteiger partial charge in [0.15, 0.2) is 0 Å². The van der Waals surface area contributed by atoms with Crippen LogP contribution in [0.3, 0.4) is 0 Å². The standard InChI is InChI=1S/C15H21Cl2N/c16-13-5-6-14(17)12(9-13)10-15(11-18)7-3-1-2-4-8-15/h5-6,9H,1-4,7-8,10-11,18H2.